The summed E-state index contributed by atoms with van der Waals surface area (Å²) in [6.07, 6.45) is 2.10. The first-order valence-corrected chi connectivity index (χ1v) is 6.82. The molecule has 0 aliphatic carbocycles. The number of carbonyl (C=O) groups excluding carboxylic acids is 1. The average molecular weight is 287 g/mol. The Labute approximate surface area is 123 Å². The minimum absolute atomic E-state index is 0.350. The largest absolute Gasteiger partial charge is 0.480 e. The summed E-state index contributed by atoms with van der Waals surface area (Å²) in [5.74, 6) is -0.970. The van der Waals surface area contributed by atoms with Gasteiger partial charge in [0.15, 0.2) is 0 Å². The van der Waals surface area contributed by atoms with Gasteiger partial charge in [-0.25, -0.2) is 9.59 Å². The first kappa shape index (κ1) is 14.9. The van der Waals surface area contributed by atoms with Gasteiger partial charge < -0.3 is 10.0 Å². The third-order valence-electron chi connectivity index (χ3n) is 3.68. The first-order valence-electron chi connectivity index (χ1n) is 6.82. The molecule has 0 radical (unpaired) electrons. The summed E-state index contributed by atoms with van der Waals surface area (Å²) in [7, 11) is 1.59. The molecule has 6 heteroatoms. The summed E-state index contributed by atoms with van der Waals surface area (Å²) in [5.41, 5.74) is 1.04. The van der Waals surface area contributed by atoms with E-state index in [4.69, 9.17) is 5.26 Å². The normalized spacial score (nSPS) is 17.9. The number of nitrogens with zero attached hydrogens (tertiary/aromatic N) is 3. The van der Waals surface area contributed by atoms with Crippen molar-refractivity contribution in [1.29, 1.82) is 5.26 Å². The minimum Gasteiger partial charge on any atom is -0.480 e. The van der Waals surface area contributed by atoms with Crippen LogP contribution < -0.4 is 4.90 Å². The van der Waals surface area contributed by atoms with Gasteiger partial charge in [0.05, 0.1) is 11.6 Å². The number of rotatable bonds is 2. The van der Waals surface area contributed by atoms with Gasteiger partial charge in [-0.2, -0.15) is 5.26 Å². The molecule has 0 aromatic heterocycles. The predicted octanol–water partition coefficient (Wildman–Crippen LogP) is 2.05. The molecule has 2 rings (SSSR count). The van der Waals surface area contributed by atoms with Gasteiger partial charge in [0.1, 0.15) is 6.04 Å². The lowest BCUT2D eigenvalue weighted by atomic mass is 10.0. The monoisotopic (exact) mass is 287 g/mol. The van der Waals surface area contributed by atoms with Gasteiger partial charge in [-0.15, -0.1) is 0 Å². The van der Waals surface area contributed by atoms with Crippen LogP contribution in [0.1, 0.15) is 24.8 Å². The van der Waals surface area contributed by atoms with Crippen LogP contribution in [0.5, 0.6) is 0 Å². The second-order valence-corrected chi connectivity index (χ2v) is 5.05. The van der Waals surface area contributed by atoms with Gasteiger partial charge in [-0.1, -0.05) is 6.07 Å². The van der Waals surface area contributed by atoms with Crippen LogP contribution in [0.4, 0.5) is 10.5 Å². The summed E-state index contributed by atoms with van der Waals surface area (Å²) >= 11 is 0. The Bertz CT molecular complexity index is 594. The molecule has 1 aliphatic heterocycles. The van der Waals surface area contributed by atoms with Gasteiger partial charge in [-0.3, -0.25) is 4.90 Å². The molecule has 1 saturated heterocycles. The highest BCUT2D eigenvalue weighted by atomic mass is 16.4. The van der Waals surface area contributed by atoms with Gasteiger partial charge >= 0.3 is 12.0 Å². The molecule has 1 N–H and O–H groups in total. The smallest absolute Gasteiger partial charge is 0.326 e. The lowest BCUT2D eigenvalue weighted by molar-refractivity contribution is -0.143. The van der Waals surface area contributed by atoms with Gasteiger partial charge in [0.2, 0.25) is 0 Å². The van der Waals surface area contributed by atoms with E-state index in [1.165, 1.54) is 9.80 Å². The zero-order chi connectivity index (χ0) is 15.4. The Hall–Kier alpha value is -2.55. The average Bonchev–Trinajstić information content (AvgIpc) is 2.53. The van der Waals surface area contributed by atoms with E-state index < -0.39 is 12.0 Å². The third kappa shape index (κ3) is 3.14. The molecular formula is C15H17N3O3. The van der Waals surface area contributed by atoms with Crippen LogP contribution in [0.2, 0.25) is 0 Å². The fourth-order valence-corrected chi connectivity index (χ4v) is 2.50. The summed E-state index contributed by atoms with van der Waals surface area (Å²) in [4.78, 5) is 26.6. The van der Waals surface area contributed by atoms with E-state index in [2.05, 4.69) is 0 Å². The molecule has 6 nitrogen and oxygen atoms in total. The Balaban J connectivity index is 2.21. The van der Waals surface area contributed by atoms with Crippen molar-refractivity contribution >= 4 is 17.7 Å². The summed E-state index contributed by atoms with van der Waals surface area (Å²) in [6, 6.07) is 7.58. The van der Waals surface area contributed by atoms with Crippen molar-refractivity contribution in [3.05, 3.63) is 29.8 Å². The Morgan fingerprint density at radius 1 is 1.43 bits per heavy atom. The number of benzene rings is 1. The maximum Gasteiger partial charge on any atom is 0.326 e. The number of hydrogen-bond donors (Lipinski definition) is 1. The van der Waals surface area contributed by atoms with Crippen molar-refractivity contribution in [2.24, 2.45) is 0 Å². The van der Waals surface area contributed by atoms with Gasteiger partial charge in [0, 0.05) is 19.3 Å². The standard InChI is InChI=1S/C15H17N3O3/c1-17(12-6-4-5-11(9-12)10-16)15(21)18-8-3-2-7-13(18)14(19)20/h4-6,9,13H,2-3,7-8H2,1H3,(H,19,20). The topological polar surface area (TPSA) is 84.6 Å². The predicted molar refractivity (Wildman–Crippen MR) is 76.9 cm³/mol. The summed E-state index contributed by atoms with van der Waals surface area (Å²) in [5, 5.41) is 18.1. The van der Waals surface area contributed by atoms with E-state index in [-0.39, 0.29) is 6.03 Å². The maximum absolute atomic E-state index is 12.5. The van der Waals surface area contributed by atoms with Crippen molar-refractivity contribution in [3.8, 4) is 6.07 Å². The van der Waals surface area contributed by atoms with Gasteiger partial charge in [0.25, 0.3) is 0 Å². The minimum atomic E-state index is -0.970. The van der Waals surface area contributed by atoms with E-state index in [1.807, 2.05) is 6.07 Å². The molecule has 1 atom stereocenters. The number of aliphatic carboxylic acids is 1. The number of carboxylic acids is 1. The molecule has 0 spiro atoms. The van der Waals surface area contributed by atoms with Crippen LogP contribution in [-0.4, -0.2) is 41.6 Å². The lowest BCUT2D eigenvalue weighted by Crippen LogP contribution is -2.52. The Morgan fingerprint density at radius 3 is 2.86 bits per heavy atom. The van der Waals surface area contributed by atoms with E-state index in [1.54, 1.807) is 31.3 Å². The van der Waals surface area contributed by atoms with Crippen LogP contribution in [-0.2, 0) is 4.79 Å². The van der Waals surface area contributed by atoms with Gasteiger partial charge in [-0.05, 0) is 37.5 Å². The molecule has 1 aliphatic rings. The van der Waals surface area contributed by atoms with Crippen LogP contribution in [0.25, 0.3) is 0 Å². The molecule has 1 unspecified atom stereocenters. The number of carboxylic acid groups (broad SMARTS) is 1. The number of likely N-dealkylation sites (tertiary alicyclic amines) is 1. The van der Waals surface area contributed by atoms with Crippen LogP contribution in [0.15, 0.2) is 24.3 Å². The highest BCUT2D eigenvalue weighted by molar-refractivity contribution is 5.94. The number of anilines is 1. The highest BCUT2D eigenvalue weighted by Gasteiger charge is 2.33. The molecule has 1 fully saturated rings. The molecule has 2 amide bonds. The number of urea groups is 1. The molecule has 1 heterocycles. The molecule has 0 saturated carbocycles. The number of nitriles is 1. The quantitative estimate of drug-likeness (QED) is 0.902. The Morgan fingerprint density at radius 2 is 2.19 bits per heavy atom. The SMILES string of the molecule is CN(C(=O)N1CCCCC1C(=O)O)c1cccc(C#N)c1. The molecule has 1 aromatic carbocycles. The van der Waals surface area contributed by atoms with Crippen molar-refractivity contribution < 1.29 is 14.7 Å². The van der Waals surface area contributed by atoms with Crippen molar-refractivity contribution in [3.63, 3.8) is 0 Å². The van der Waals surface area contributed by atoms with Crippen molar-refractivity contribution in [2.45, 2.75) is 25.3 Å². The van der Waals surface area contributed by atoms with Crippen LogP contribution >= 0.6 is 0 Å². The van der Waals surface area contributed by atoms with E-state index in [9.17, 15) is 14.7 Å². The fourth-order valence-electron chi connectivity index (χ4n) is 2.50. The van der Waals surface area contributed by atoms with Crippen LogP contribution in [0, 0.1) is 11.3 Å². The Kier molecular flexibility index (Phi) is 4.43. The molecule has 21 heavy (non-hydrogen) atoms. The number of piperidine rings is 1. The van der Waals surface area contributed by atoms with E-state index in [0.717, 1.165) is 12.8 Å². The first-order chi connectivity index (χ1) is 10.0. The molecular weight excluding hydrogens is 270 g/mol. The number of hydrogen-bond acceptors (Lipinski definition) is 3. The maximum atomic E-state index is 12.5. The number of amides is 2. The second kappa shape index (κ2) is 6.27. The summed E-state index contributed by atoms with van der Waals surface area (Å²) < 4.78 is 0. The van der Waals surface area contributed by atoms with Crippen LogP contribution in [0.3, 0.4) is 0 Å². The van der Waals surface area contributed by atoms with Crippen molar-refractivity contribution in [2.75, 3.05) is 18.5 Å². The second-order valence-electron chi connectivity index (χ2n) is 5.05. The molecule has 0 bridgehead atoms. The zero-order valence-corrected chi connectivity index (χ0v) is 11.8. The van der Waals surface area contributed by atoms with E-state index in [0.29, 0.717) is 24.2 Å². The number of carbonyl (C=O) groups is 2. The lowest BCUT2D eigenvalue weighted by Gasteiger charge is -2.35. The van der Waals surface area contributed by atoms with Crippen molar-refractivity contribution in [1.82, 2.24) is 4.90 Å². The zero-order valence-electron chi connectivity index (χ0n) is 11.8. The molecule has 1 aromatic rings. The molecule has 110 valence electrons. The fraction of sp³-hybridized carbons (Fsp3) is 0.400. The third-order valence-corrected chi connectivity index (χ3v) is 3.68. The summed E-state index contributed by atoms with van der Waals surface area (Å²) in [6.45, 7) is 0.443. The van der Waals surface area contributed by atoms with E-state index >= 15 is 0 Å². The highest BCUT2D eigenvalue weighted by Crippen LogP contribution is 2.22.